The second-order valence-corrected chi connectivity index (χ2v) is 4.42. The molecule has 2 rings (SSSR count). The van der Waals surface area contributed by atoms with Gasteiger partial charge in [-0.25, -0.2) is 4.79 Å². The van der Waals surface area contributed by atoms with E-state index in [0.717, 1.165) is 5.39 Å². The molecule has 2 aromatic rings. The van der Waals surface area contributed by atoms with Gasteiger partial charge in [-0.2, -0.15) is 0 Å². The average molecular weight is 287 g/mol. The molecule has 7 heteroatoms. The third-order valence-corrected chi connectivity index (χ3v) is 2.89. The van der Waals surface area contributed by atoms with Crippen molar-refractivity contribution in [2.45, 2.75) is 12.5 Å². The van der Waals surface area contributed by atoms with E-state index in [1.165, 1.54) is 12.3 Å². The molecule has 2 amide bonds. The first-order valence-corrected chi connectivity index (χ1v) is 6.14. The van der Waals surface area contributed by atoms with Crippen LogP contribution in [0.4, 0.5) is 0 Å². The highest BCUT2D eigenvalue weighted by atomic mass is 16.4. The van der Waals surface area contributed by atoms with Crippen LogP contribution in [0.1, 0.15) is 16.8 Å². The van der Waals surface area contributed by atoms with Gasteiger partial charge >= 0.3 is 5.97 Å². The van der Waals surface area contributed by atoms with Crippen molar-refractivity contribution in [1.82, 2.24) is 10.3 Å². The van der Waals surface area contributed by atoms with Crippen LogP contribution >= 0.6 is 0 Å². The first kappa shape index (κ1) is 14.4. The number of hydrogen-bond acceptors (Lipinski definition) is 4. The molecule has 0 unspecified atom stereocenters. The predicted octanol–water partition coefficient (Wildman–Crippen LogP) is 0.293. The van der Waals surface area contributed by atoms with E-state index in [1.807, 2.05) is 0 Å². The number of carboxylic acid groups (broad SMARTS) is 1. The number of nitrogens with one attached hydrogen (secondary N) is 1. The maximum atomic E-state index is 12.2. The minimum atomic E-state index is -1.37. The number of benzene rings is 1. The standard InChI is InChI=1S/C14H13N3O4/c15-11(18)7-10(14(20)21)17-13(19)9-5-1-3-8-4-2-6-16-12(8)9/h1-6,10H,7H2,(H2,15,18)(H,17,19)(H,20,21)/t10-/m1/s1. The Labute approximate surface area is 119 Å². The van der Waals surface area contributed by atoms with Crippen molar-refractivity contribution in [2.75, 3.05) is 0 Å². The van der Waals surface area contributed by atoms with Crippen molar-refractivity contribution < 1.29 is 19.5 Å². The molecule has 0 fully saturated rings. The van der Waals surface area contributed by atoms with Crippen molar-refractivity contribution in [1.29, 1.82) is 0 Å². The second kappa shape index (κ2) is 6.00. The van der Waals surface area contributed by atoms with Crippen LogP contribution in [0.2, 0.25) is 0 Å². The molecule has 0 aliphatic rings. The fourth-order valence-corrected chi connectivity index (χ4v) is 1.92. The lowest BCUT2D eigenvalue weighted by Crippen LogP contribution is -2.43. The fraction of sp³-hybridized carbons (Fsp3) is 0.143. The number of aliphatic carboxylic acids is 1. The normalized spacial score (nSPS) is 11.8. The van der Waals surface area contributed by atoms with Gasteiger partial charge in [0.15, 0.2) is 0 Å². The molecule has 21 heavy (non-hydrogen) atoms. The molecular weight excluding hydrogens is 274 g/mol. The van der Waals surface area contributed by atoms with Crippen LogP contribution in [-0.2, 0) is 9.59 Å². The van der Waals surface area contributed by atoms with Gasteiger partial charge in [0.1, 0.15) is 6.04 Å². The Balaban J connectivity index is 2.29. The zero-order chi connectivity index (χ0) is 15.4. The van der Waals surface area contributed by atoms with Gasteiger partial charge in [0.2, 0.25) is 5.91 Å². The van der Waals surface area contributed by atoms with Crippen molar-refractivity contribution in [2.24, 2.45) is 5.73 Å². The van der Waals surface area contributed by atoms with Gasteiger partial charge in [-0.15, -0.1) is 0 Å². The molecule has 1 heterocycles. The molecule has 108 valence electrons. The summed E-state index contributed by atoms with van der Waals surface area (Å²) in [5.41, 5.74) is 5.67. The summed E-state index contributed by atoms with van der Waals surface area (Å²) < 4.78 is 0. The number of pyridine rings is 1. The van der Waals surface area contributed by atoms with Crippen molar-refractivity contribution in [3.05, 3.63) is 42.1 Å². The second-order valence-electron chi connectivity index (χ2n) is 4.42. The highest BCUT2D eigenvalue weighted by Crippen LogP contribution is 2.16. The minimum absolute atomic E-state index is 0.240. The first-order chi connectivity index (χ1) is 9.99. The van der Waals surface area contributed by atoms with Gasteiger partial charge < -0.3 is 16.2 Å². The van der Waals surface area contributed by atoms with Crippen LogP contribution in [0.25, 0.3) is 10.9 Å². The molecule has 1 atom stereocenters. The van der Waals surface area contributed by atoms with E-state index < -0.39 is 30.2 Å². The molecule has 0 aliphatic carbocycles. The molecule has 0 spiro atoms. The Bertz CT molecular complexity index is 709. The number of nitrogens with two attached hydrogens (primary N) is 1. The van der Waals surface area contributed by atoms with E-state index in [0.29, 0.717) is 5.52 Å². The largest absolute Gasteiger partial charge is 0.480 e. The fourth-order valence-electron chi connectivity index (χ4n) is 1.92. The summed E-state index contributed by atoms with van der Waals surface area (Å²) in [6.07, 6.45) is 1.07. The molecule has 0 bridgehead atoms. The molecule has 1 aromatic carbocycles. The van der Waals surface area contributed by atoms with Crippen molar-refractivity contribution >= 4 is 28.7 Å². The van der Waals surface area contributed by atoms with E-state index in [4.69, 9.17) is 10.8 Å². The number of para-hydroxylation sites is 1. The monoisotopic (exact) mass is 287 g/mol. The molecule has 7 nitrogen and oxygen atoms in total. The third kappa shape index (κ3) is 3.33. The Morgan fingerprint density at radius 2 is 1.95 bits per heavy atom. The van der Waals surface area contributed by atoms with E-state index in [2.05, 4.69) is 10.3 Å². The number of primary amides is 1. The summed E-state index contributed by atoms with van der Waals surface area (Å²) >= 11 is 0. The summed E-state index contributed by atoms with van der Waals surface area (Å²) in [5.74, 6) is -2.75. The number of carbonyl (C=O) groups excluding carboxylic acids is 2. The molecule has 0 saturated carbocycles. The number of rotatable bonds is 5. The number of aromatic nitrogens is 1. The van der Waals surface area contributed by atoms with E-state index in [-0.39, 0.29) is 5.56 Å². The lowest BCUT2D eigenvalue weighted by Gasteiger charge is -2.13. The van der Waals surface area contributed by atoms with Gasteiger partial charge in [-0.1, -0.05) is 18.2 Å². The van der Waals surface area contributed by atoms with Crippen LogP contribution in [0.3, 0.4) is 0 Å². The van der Waals surface area contributed by atoms with Gasteiger partial charge in [-0.3, -0.25) is 14.6 Å². The quantitative estimate of drug-likeness (QED) is 0.729. The number of amides is 2. The van der Waals surface area contributed by atoms with Crippen LogP contribution in [-0.4, -0.2) is 33.9 Å². The minimum Gasteiger partial charge on any atom is -0.480 e. The predicted molar refractivity (Wildman–Crippen MR) is 74.4 cm³/mol. The molecule has 0 saturated heterocycles. The Kier molecular flexibility index (Phi) is 4.13. The summed E-state index contributed by atoms with van der Waals surface area (Å²) in [6, 6.07) is 7.15. The van der Waals surface area contributed by atoms with Crippen molar-refractivity contribution in [3.63, 3.8) is 0 Å². The summed E-state index contributed by atoms with van der Waals surface area (Å²) in [5, 5.41) is 12.0. The van der Waals surface area contributed by atoms with E-state index in [1.54, 1.807) is 24.3 Å². The SMILES string of the molecule is NC(=O)C[C@@H](NC(=O)c1cccc2cccnc12)C(=O)O. The van der Waals surface area contributed by atoms with Gasteiger partial charge in [0.25, 0.3) is 5.91 Å². The van der Waals surface area contributed by atoms with E-state index in [9.17, 15) is 14.4 Å². The third-order valence-electron chi connectivity index (χ3n) is 2.89. The van der Waals surface area contributed by atoms with Crippen molar-refractivity contribution in [3.8, 4) is 0 Å². The lowest BCUT2D eigenvalue weighted by atomic mass is 10.1. The van der Waals surface area contributed by atoms with Gasteiger partial charge in [0.05, 0.1) is 17.5 Å². The van der Waals surface area contributed by atoms with Crippen LogP contribution in [0.15, 0.2) is 36.5 Å². The Hall–Kier alpha value is -2.96. The first-order valence-electron chi connectivity index (χ1n) is 6.14. The van der Waals surface area contributed by atoms with Gasteiger partial charge in [0, 0.05) is 11.6 Å². The molecule has 0 aliphatic heterocycles. The highest BCUT2D eigenvalue weighted by molar-refractivity contribution is 6.06. The van der Waals surface area contributed by atoms with E-state index >= 15 is 0 Å². The zero-order valence-corrected chi connectivity index (χ0v) is 10.9. The summed E-state index contributed by atoms with van der Waals surface area (Å²) in [6.45, 7) is 0. The van der Waals surface area contributed by atoms with Crippen LogP contribution in [0, 0.1) is 0 Å². The molecule has 0 radical (unpaired) electrons. The maximum Gasteiger partial charge on any atom is 0.326 e. The Morgan fingerprint density at radius 3 is 2.62 bits per heavy atom. The Morgan fingerprint density at radius 1 is 1.24 bits per heavy atom. The molecule has 4 N–H and O–H groups in total. The number of hydrogen-bond donors (Lipinski definition) is 3. The summed E-state index contributed by atoms with van der Waals surface area (Å²) in [4.78, 5) is 38.2. The number of carboxylic acids is 1. The van der Waals surface area contributed by atoms with Crippen LogP contribution in [0.5, 0.6) is 0 Å². The average Bonchev–Trinajstić information content (AvgIpc) is 2.45. The number of nitrogens with zero attached hydrogens (tertiary/aromatic N) is 1. The van der Waals surface area contributed by atoms with Gasteiger partial charge in [-0.05, 0) is 12.1 Å². The zero-order valence-electron chi connectivity index (χ0n) is 10.9. The number of carbonyl (C=O) groups is 3. The highest BCUT2D eigenvalue weighted by Gasteiger charge is 2.23. The topological polar surface area (TPSA) is 122 Å². The molecule has 1 aromatic heterocycles. The maximum absolute atomic E-state index is 12.2. The molecular formula is C14H13N3O4. The lowest BCUT2D eigenvalue weighted by molar-refractivity contribution is -0.140. The van der Waals surface area contributed by atoms with Crippen LogP contribution < -0.4 is 11.1 Å². The summed E-state index contributed by atoms with van der Waals surface area (Å²) in [7, 11) is 0. The number of fused-ring (bicyclic) bond motifs is 1. The smallest absolute Gasteiger partial charge is 0.326 e.